The number of hydrogen-bond donors (Lipinski definition) is 2. The summed E-state index contributed by atoms with van der Waals surface area (Å²) in [5.41, 5.74) is 4.69. The number of nitrogen functional groups attached to an aromatic ring is 1. The number of rotatable bonds is 8. The summed E-state index contributed by atoms with van der Waals surface area (Å²) in [4.78, 5) is 58.5. The third-order valence-corrected chi connectivity index (χ3v) is 7.74. The molecule has 16 nitrogen and oxygen atoms in total. The third kappa shape index (κ3) is 13.0. The van der Waals surface area contributed by atoms with Gasteiger partial charge in [0.15, 0.2) is 0 Å². The summed E-state index contributed by atoms with van der Waals surface area (Å²) in [7, 11) is -17.9. The van der Waals surface area contributed by atoms with Crippen molar-refractivity contribution in [1.29, 1.82) is 0 Å². The van der Waals surface area contributed by atoms with Crippen LogP contribution in [0, 0.1) is 3.57 Å². The van der Waals surface area contributed by atoms with Crippen LogP contribution in [0.15, 0.2) is 11.0 Å². The minimum Gasteiger partial charge on any atom is -0.790 e. The van der Waals surface area contributed by atoms with Gasteiger partial charge in [0, 0.05) is 12.6 Å². The maximum absolute atomic E-state index is 11.9. The third-order valence-electron chi connectivity index (χ3n) is 3.25. The molecule has 24 heteroatoms. The van der Waals surface area contributed by atoms with Crippen LogP contribution in [0.3, 0.4) is 0 Å². The van der Waals surface area contributed by atoms with Gasteiger partial charge in [-0.1, -0.05) is 0 Å². The molecule has 0 aliphatic carbocycles. The molecule has 0 amide bonds. The van der Waals surface area contributed by atoms with Crippen molar-refractivity contribution in [2.45, 2.75) is 24.9 Å². The number of aromatic nitrogens is 2. The van der Waals surface area contributed by atoms with Gasteiger partial charge in [0.05, 0.1) is 24.1 Å². The van der Waals surface area contributed by atoms with Gasteiger partial charge in [0.1, 0.15) is 18.1 Å². The average Bonchev–Trinajstić information content (AvgIpc) is 2.86. The van der Waals surface area contributed by atoms with Crippen LogP contribution in [0.4, 0.5) is 5.82 Å². The Kier molecular flexibility index (Phi) is 18.6. The fourth-order valence-corrected chi connectivity index (χ4v) is 5.43. The van der Waals surface area contributed by atoms with E-state index in [-0.39, 0.29) is 87.7 Å². The van der Waals surface area contributed by atoms with E-state index in [1.807, 2.05) is 0 Å². The predicted molar refractivity (Wildman–Crippen MR) is 91.1 cm³/mol. The molecule has 5 atom stereocenters. The average molecular weight is 617 g/mol. The van der Waals surface area contributed by atoms with Crippen LogP contribution >= 0.6 is 46.1 Å². The Labute approximate surface area is 248 Å². The Morgan fingerprint density at radius 3 is 2.21 bits per heavy atom. The molecule has 0 aromatic carbocycles. The number of nitrogens with two attached hydrogens (primary N) is 1. The largest absolute Gasteiger partial charge is 1.00 e. The van der Waals surface area contributed by atoms with E-state index in [1.54, 1.807) is 22.6 Å². The minimum absolute atomic E-state index is 0. The second kappa shape index (κ2) is 15.5. The molecule has 0 radical (unpaired) electrons. The Morgan fingerprint density at radius 2 is 1.70 bits per heavy atom. The van der Waals surface area contributed by atoms with Gasteiger partial charge in [0.25, 0.3) is 15.6 Å². The second-order valence-electron chi connectivity index (χ2n) is 5.40. The van der Waals surface area contributed by atoms with E-state index >= 15 is 0 Å². The van der Waals surface area contributed by atoms with Crippen molar-refractivity contribution in [2.75, 3.05) is 12.3 Å². The van der Waals surface area contributed by atoms with Crippen LogP contribution in [0.5, 0.6) is 0 Å². The number of anilines is 1. The molecule has 3 N–H and O–H groups in total. The molecule has 5 unspecified atom stereocenters. The van der Waals surface area contributed by atoms with Gasteiger partial charge in [-0.2, -0.15) is 4.98 Å². The summed E-state index contributed by atoms with van der Waals surface area (Å²) in [6, 6.07) is 0. The van der Waals surface area contributed by atoms with E-state index in [0.717, 1.165) is 4.57 Å². The van der Waals surface area contributed by atoms with E-state index in [0.29, 0.717) is 3.57 Å². The smallest absolute Gasteiger partial charge is 0.790 e. The Hall–Kier alpha value is 2.13. The van der Waals surface area contributed by atoms with Crippen molar-refractivity contribution in [3.63, 3.8) is 0 Å². The second-order valence-corrected chi connectivity index (χ2v) is 10.8. The van der Waals surface area contributed by atoms with Crippen LogP contribution in [-0.2, 0) is 31.6 Å². The van der Waals surface area contributed by atoms with E-state index in [2.05, 4.69) is 18.1 Å². The quantitative estimate of drug-likeness (QED) is 0.156. The number of hydrogen-bond acceptors (Lipinski definition) is 15. The molecule has 33 heavy (non-hydrogen) atoms. The van der Waals surface area contributed by atoms with Gasteiger partial charge in [-0.15, -0.1) is 0 Å². The molecule has 1 aromatic heterocycles. The SMILES string of the molecule is Nc1nc(=O)n(C2CC(O)C(COP(=O)([O-])OP(=O)([O-])OP(=O)([O-])[O-])O2)cc1I.[Li+].[Li+].[Li+].[Li+]. The fraction of sp³-hybridized carbons (Fsp3) is 0.556. The summed E-state index contributed by atoms with van der Waals surface area (Å²) in [6.07, 6.45) is -2.66. The number of halogens is 1. The molecule has 166 valence electrons. The molecular formula is C9H11ILi4N3O13P3. The zero-order valence-electron chi connectivity index (χ0n) is 17.8. The van der Waals surface area contributed by atoms with Crippen molar-refractivity contribution in [3.8, 4) is 0 Å². The van der Waals surface area contributed by atoms with Crippen LogP contribution in [0.1, 0.15) is 12.6 Å². The van der Waals surface area contributed by atoms with E-state index in [4.69, 9.17) is 10.5 Å². The molecular weight excluding hydrogens is 606 g/mol. The Morgan fingerprint density at radius 1 is 1.15 bits per heavy atom. The normalized spacial score (nSPS) is 23.5. The van der Waals surface area contributed by atoms with Gasteiger partial charge in [-0.25, -0.2) is 9.11 Å². The molecule has 2 rings (SSSR count). The first-order valence-corrected chi connectivity index (χ1v) is 12.6. The first kappa shape index (κ1) is 39.6. The molecule has 1 aliphatic rings. The van der Waals surface area contributed by atoms with Crippen molar-refractivity contribution >= 4 is 51.9 Å². The Bertz CT molecular complexity index is 982. The number of phosphoric ester groups is 1. The van der Waals surface area contributed by atoms with Crippen molar-refractivity contribution < 1.29 is 132 Å². The monoisotopic (exact) mass is 617 g/mol. The van der Waals surface area contributed by atoms with Crippen molar-refractivity contribution in [2.24, 2.45) is 0 Å². The van der Waals surface area contributed by atoms with Crippen LogP contribution in [0.2, 0.25) is 0 Å². The molecule has 0 saturated carbocycles. The zero-order chi connectivity index (χ0) is 22.2. The summed E-state index contributed by atoms with van der Waals surface area (Å²) in [5.74, 6) is -0.0281. The standard InChI is InChI=1S/C9H15IN3O13P3.4Li/c10-4-2-13(9(15)12-8(4)11)7-1-5(14)6(24-7)3-23-28(19,20)26-29(21,22)25-27(16,17)18;;;;/h2,5-7,14H,1,3H2,(H,19,20)(H,21,22)(H2,11,12,15)(H2,16,17,18);;;;/q;4*+1/p-4. The summed E-state index contributed by atoms with van der Waals surface area (Å²) < 4.78 is 50.2. The van der Waals surface area contributed by atoms with Gasteiger partial charge < -0.3 is 44.2 Å². The minimum atomic E-state index is -6.11. The first-order valence-electron chi connectivity index (χ1n) is 7.17. The molecule has 1 aliphatic heterocycles. The van der Waals surface area contributed by atoms with Crippen molar-refractivity contribution in [3.05, 3.63) is 20.3 Å². The number of nitrogens with zero attached hydrogens (tertiary/aromatic N) is 2. The molecule has 1 fully saturated rings. The molecule has 2 heterocycles. The molecule has 1 aromatic rings. The number of aliphatic hydroxyl groups excluding tert-OH is 1. The number of aliphatic hydroxyl groups is 1. The van der Waals surface area contributed by atoms with Crippen LogP contribution in [0.25, 0.3) is 0 Å². The first-order chi connectivity index (χ1) is 13.1. The molecule has 0 spiro atoms. The predicted octanol–water partition coefficient (Wildman–Crippen LogP) is -15.1. The van der Waals surface area contributed by atoms with Gasteiger partial charge in [-0.3, -0.25) is 18.0 Å². The topological polar surface area (TPSA) is 262 Å². The van der Waals surface area contributed by atoms with Gasteiger partial charge in [0.2, 0.25) is 0 Å². The summed E-state index contributed by atoms with van der Waals surface area (Å²) >= 11 is 1.80. The number of ether oxygens (including phenoxy) is 1. The number of phosphoric acid groups is 3. The van der Waals surface area contributed by atoms with Gasteiger partial charge >= 0.3 is 81.1 Å². The molecule has 1 saturated heterocycles. The van der Waals surface area contributed by atoms with Crippen LogP contribution < -0.4 is 106 Å². The van der Waals surface area contributed by atoms with Crippen LogP contribution in [-0.4, -0.2) is 33.5 Å². The van der Waals surface area contributed by atoms with E-state index < -0.39 is 54.2 Å². The van der Waals surface area contributed by atoms with Crippen molar-refractivity contribution in [1.82, 2.24) is 9.55 Å². The zero-order valence-corrected chi connectivity index (χ0v) is 22.6. The summed E-state index contributed by atoms with van der Waals surface area (Å²) in [5, 5.41) is 9.96. The summed E-state index contributed by atoms with van der Waals surface area (Å²) in [6.45, 7) is -0.973. The Balaban J connectivity index is -0.00000225. The maximum atomic E-state index is 11.9. The van der Waals surface area contributed by atoms with Gasteiger partial charge in [-0.05, 0) is 22.6 Å². The molecule has 0 bridgehead atoms. The van der Waals surface area contributed by atoms with E-state index in [9.17, 15) is 43.2 Å². The maximum Gasteiger partial charge on any atom is 1.00 e. The fourth-order valence-electron chi connectivity index (χ4n) is 2.15. The van der Waals surface area contributed by atoms with E-state index in [1.165, 1.54) is 6.20 Å².